The molecule has 0 fully saturated rings. The van der Waals surface area contributed by atoms with Crippen molar-refractivity contribution >= 4 is 0 Å². The molecule has 1 unspecified atom stereocenters. The van der Waals surface area contributed by atoms with Gasteiger partial charge in [0, 0.05) is 5.41 Å². The van der Waals surface area contributed by atoms with Crippen LogP contribution in [0, 0.1) is 16.2 Å². The van der Waals surface area contributed by atoms with E-state index in [0.29, 0.717) is 0 Å². The van der Waals surface area contributed by atoms with Gasteiger partial charge in [-0.15, -0.1) is 0 Å². The highest BCUT2D eigenvalue weighted by molar-refractivity contribution is 5.31. The van der Waals surface area contributed by atoms with Gasteiger partial charge in [-0.1, -0.05) is 92.6 Å². The molecule has 1 rings (SSSR count). The Morgan fingerprint density at radius 1 is 0.579 bits per heavy atom. The van der Waals surface area contributed by atoms with E-state index >= 15 is 0 Å². The summed E-state index contributed by atoms with van der Waals surface area (Å²) < 4.78 is 0. The van der Waals surface area contributed by atoms with Gasteiger partial charge < -0.3 is 0 Å². The molecule has 108 valence electrons. The summed E-state index contributed by atoms with van der Waals surface area (Å²) in [6, 6.07) is 11.0. The maximum Gasteiger partial charge on any atom is 0.00293 e. The van der Waals surface area contributed by atoms with E-state index < -0.39 is 0 Å². The number of hydrogen-bond acceptors (Lipinski definition) is 0. The minimum atomic E-state index is 0.111. The summed E-state index contributed by atoms with van der Waals surface area (Å²) in [4.78, 5) is 0. The Morgan fingerprint density at radius 3 is 1.32 bits per heavy atom. The minimum Gasteiger partial charge on any atom is -0.0622 e. The molecule has 0 aliphatic heterocycles. The molecule has 1 aromatic carbocycles. The number of hydrogen-bond donors (Lipinski definition) is 0. The molecular formula is C19H32. The Bertz CT molecular complexity index is 412. The van der Waals surface area contributed by atoms with Gasteiger partial charge in [0.05, 0.1) is 0 Å². The molecule has 19 heavy (non-hydrogen) atoms. The third kappa shape index (κ3) is 2.47. The van der Waals surface area contributed by atoms with E-state index in [4.69, 9.17) is 0 Å². The van der Waals surface area contributed by atoms with E-state index in [1.54, 1.807) is 0 Å². The van der Waals surface area contributed by atoms with Crippen molar-refractivity contribution < 1.29 is 0 Å². The van der Waals surface area contributed by atoms with Gasteiger partial charge in [-0.05, 0) is 21.8 Å². The Hall–Kier alpha value is -0.780. The summed E-state index contributed by atoms with van der Waals surface area (Å²) in [5.74, 6) is 0. The Kier molecular flexibility index (Phi) is 3.98. The molecule has 0 N–H and O–H groups in total. The summed E-state index contributed by atoms with van der Waals surface area (Å²) in [7, 11) is 0. The van der Waals surface area contributed by atoms with Crippen molar-refractivity contribution in [3.05, 3.63) is 35.9 Å². The molecule has 1 atom stereocenters. The van der Waals surface area contributed by atoms with Gasteiger partial charge in [-0.25, -0.2) is 0 Å². The fourth-order valence-electron chi connectivity index (χ4n) is 3.25. The first-order chi connectivity index (χ1) is 8.36. The van der Waals surface area contributed by atoms with E-state index in [0.717, 1.165) is 0 Å². The number of rotatable bonds is 2. The van der Waals surface area contributed by atoms with Gasteiger partial charge in [0.1, 0.15) is 0 Å². The second kappa shape index (κ2) is 4.65. The van der Waals surface area contributed by atoms with Gasteiger partial charge in [0.15, 0.2) is 0 Å². The number of benzene rings is 1. The van der Waals surface area contributed by atoms with E-state index in [1.807, 2.05) is 0 Å². The molecule has 0 heteroatoms. The largest absolute Gasteiger partial charge is 0.0622 e. The van der Waals surface area contributed by atoms with Gasteiger partial charge in [0.2, 0.25) is 0 Å². The smallest absolute Gasteiger partial charge is 0.00293 e. The lowest BCUT2D eigenvalue weighted by molar-refractivity contribution is -0.0312. The van der Waals surface area contributed by atoms with Crippen molar-refractivity contribution in [2.45, 2.75) is 67.7 Å². The van der Waals surface area contributed by atoms with Crippen LogP contribution >= 0.6 is 0 Å². The van der Waals surface area contributed by atoms with Crippen molar-refractivity contribution in [3.8, 4) is 0 Å². The quantitative estimate of drug-likeness (QED) is 0.606. The molecule has 0 bridgehead atoms. The molecule has 0 aliphatic carbocycles. The summed E-state index contributed by atoms with van der Waals surface area (Å²) in [5.41, 5.74) is 2.18. The molecule has 0 spiro atoms. The van der Waals surface area contributed by atoms with Crippen molar-refractivity contribution in [2.75, 3.05) is 0 Å². The maximum absolute atomic E-state index is 2.44. The minimum absolute atomic E-state index is 0.111. The average Bonchev–Trinajstić information content (AvgIpc) is 2.25. The van der Waals surface area contributed by atoms with Crippen LogP contribution in [0.4, 0.5) is 0 Å². The van der Waals surface area contributed by atoms with Crippen LogP contribution in [0.5, 0.6) is 0 Å². The average molecular weight is 260 g/mol. The van der Waals surface area contributed by atoms with E-state index in [1.165, 1.54) is 5.56 Å². The Morgan fingerprint density at radius 2 is 1.00 bits per heavy atom. The van der Waals surface area contributed by atoms with Crippen LogP contribution < -0.4 is 0 Å². The van der Waals surface area contributed by atoms with Crippen LogP contribution in [0.2, 0.25) is 0 Å². The molecule has 0 amide bonds. The van der Waals surface area contributed by atoms with Crippen LogP contribution in [0.15, 0.2) is 30.3 Å². The first-order valence-corrected chi connectivity index (χ1v) is 7.41. The standard InChI is InChI=1S/C19H32/c1-16(2,3)18(7,8)19(9,17(4,5)6)15-13-11-10-12-14-15/h10-14H,1-9H3. The third-order valence-corrected chi connectivity index (χ3v) is 5.98. The van der Waals surface area contributed by atoms with Crippen molar-refractivity contribution in [1.29, 1.82) is 0 Å². The highest BCUT2D eigenvalue weighted by Crippen LogP contribution is 2.59. The van der Waals surface area contributed by atoms with Crippen LogP contribution in [0.3, 0.4) is 0 Å². The predicted octanol–water partition coefficient (Wildman–Crippen LogP) is 6.06. The van der Waals surface area contributed by atoms with Crippen molar-refractivity contribution in [3.63, 3.8) is 0 Å². The summed E-state index contributed by atoms with van der Waals surface area (Å²) in [6.45, 7) is 21.5. The van der Waals surface area contributed by atoms with Crippen LogP contribution in [0.25, 0.3) is 0 Å². The van der Waals surface area contributed by atoms with Gasteiger partial charge in [0.25, 0.3) is 0 Å². The van der Waals surface area contributed by atoms with E-state index in [-0.39, 0.29) is 21.7 Å². The molecule has 0 radical (unpaired) electrons. The SMILES string of the molecule is CC(C)(C)C(C)(C)C(C)(c1ccccc1)C(C)(C)C. The Balaban J connectivity index is 3.57. The van der Waals surface area contributed by atoms with Crippen molar-refractivity contribution in [2.24, 2.45) is 16.2 Å². The first kappa shape index (κ1) is 16.3. The van der Waals surface area contributed by atoms with Gasteiger partial charge >= 0.3 is 0 Å². The monoisotopic (exact) mass is 260 g/mol. The summed E-state index contributed by atoms with van der Waals surface area (Å²) in [5, 5.41) is 0. The predicted molar refractivity (Wildman–Crippen MR) is 86.5 cm³/mol. The molecule has 0 saturated carbocycles. The molecule has 1 aromatic rings. The molecule has 0 nitrogen and oxygen atoms in total. The second-order valence-electron chi connectivity index (χ2n) is 8.62. The summed E-state index contributed by atoms with van der Waals surface area (Å²) >= 11 is 0. The second-order valence-corrected chi connectivity index (χ2v) is 8.62. The highest BCUT2D eigenvalue weighted by atomic mass is 14.6. The Labute approximate surface area is 120 Å². The molecule has 0 saturated heterocycles. The molecular weight excluding hydrogens is 228 g/mol. The first-order valence-electron chi connectivity index (χ1n) is 7.41. The zero-order valence-corrected chi connectivity index (χ0v) is 14.4. The van der Waals surface area contributed by atoms with Crippen LogP contribution in [0.1, 0.15) is 67.9 Å². The molecule has 0 heterocycles. The zero-order valence-electron chi connectivity index (χ0n) is 14.4. The lowest BCUT2D eigenvalue weighted by atomic mass is 9.45. The van der Waals surface area contributed by atoms with Crippen molar-refractivity contribution in [1.82, 2.24) is 0 Å². The lowest BCUT2D eigenvalue weighted by Crippen LogP contribution is -2.54. The topological polar surface area (TPSA) is 0 Å². The third-order valence-electron chi connectivity index (χ3n) is 5.98. The maximum atomic E-state index is 2.44. The fraction of sp³-hybridized carbons (Fsp3) is 0.684. The highest BCUT2D eigenvalue weighted by Gasteiger charge is 2.54. The normalized spacial score (nSPS) is 17.1. The lowest BCUT2D eigenvalue weighted by Gasteiger charge is -2.59. The van der Waals surface area contributed by atoms with Crippen LogP contribution in [-0.4, -0.2) is 0 Å². The molecule has 0 aromatic heterocycles. The summed E-state index contributed by atoms with van der Waals surface area (Å²) in [6.07, 6.45) is 0. The van der Waals surface area contributed by atoms with Gasteiger partial charge in [-0.2, -0.15) is 0 Å². The fourth-order valence-corrected chi connectivity index (χ4v) is 3.25. The zero-order chi connectivity index (χ0) is 15.1. The van der Waals surface area contributed by atoms with Gasteiger partial charge in [-0.3, -0.25) is 0 Å². The van der Waals surface area contributed by atoms with Crippen LogP contribution in [-0.2, 0) is 5.41 Å². The molecule has 0 aliphatic rings. The van der Waals surface area contributed by atoms with E-state index in [9.17, 15) is 0 Å². The van der Waals surface area contributed by atoms with E-state index in [2.05, 4.69) is 92.6 Å².